The molecule has 0 saturated carbocycles. The highest BCUT2D eigenvalue weighted by Crippen LogP contribution is 2.25. The minimum atomic E-state index is -0.0581. The van der Waals surface area contributed by atoms with Gasteiger partial charge in [0.15, 0.2) is 11.5 Å². The average molecular weight is 319 g/mol. The topological polar surface area (TPSA) is 60.8 Å². The van der Waals surface area contributed by atoms with Gasteiger partial charge in [0.25, 0.3) is 0 Å². The van der Waals surface area contributed by atoms with Crippen molar-refractivity contribution in [2.75, 3.05) is 13.1 Å². The number of aryl methyl sites for hydroxylation is 1. The van der Waals surface area contributed by atoms with Crippen LogP contribution < -0.4 is 0 Å². The van der Waals surface area contributed by atoms with Gasteiger partial charge in [-0.1, -0.05) is 31.7 Å². The van der Waals surface area contributed by atoms with E-state index in [0.717, 1.165) is 44.3 Å². The van der Waals surface area contributed by atoms with E-state index in [1.165, 1.54) is 32.1 Å². The van der Waals surface area contributed by atoms with Crippen molar-refractivity contribution in [1.29, 1.82) is 0 Å². The summed E-state index contributed by atoms with van der Waals surface area (Å²) in [5, 5.41) is 18.7. The number of benzene rings is 1. The molecule has 1 amide bonds. The molecule has 1 aromatic carbocycles. The van der Waals surface area contributed by atoms with E-state index in [-0.39, 0.29) is 11.5 Å². The molecule has 1 aliphatic heterocycles. The Morgan fingerprint density at radius 1 is 0.913 bits per heavy atom. The van der Waals surface area contributed by atoms with E-state index in [0.29, 0.717) is 12.3 Å². The van der Waals surface area contributed by atoms with Crippen molar-refractivity contribution < 1.29 is 15.0 Å². The Morgan fingerprint density at radius 3 is 2.26 bits per heavy atom. The molecule has 0 spiro atoms. The van der Waals surface area contributed by atoms with Gasteiger partial charge >= 0.3 is 0 Å². The Labute approximate surface area is 139 Å². The molecule has 128 valence electrons. The van der Waals surface area contributed by atoms with E-state index in [2.05, 4.69) is 0 Å². The third kappa shape index (κ3) is 6.12. The van der Waals surface area contributed by atoms with Gasteiger partial charge in [-0.2, -0.15) is 0 Å². The Morgan fingerprint density at radius 2 is 1.57 bits per heavy atom. The van der Waals surface area contributed by atoms with E-state index in [1.54, 1.807) is 12.1 Å². The van der Waals surface area contributed by atoms with Crippen molar-refractivity contribution >= 4 is 5.91 Å². The molecule has 4 heteroatoms. The van der Waals surface area contributed by atoms with Crippen LogP contribution in [0.1, 0.15) is 63.4 Å². The number of nitrogens with zero attached hydrogens (tertiary/aromatic N) is 1. The van der Waals surface area contributed by atoms with Gasteiger partial charge in [0, 0.05) is 19.5 Å². The normalized spacial score (nSPS) is 14.3. The lowest BCUT2D eigenvalue weighted by atomic mass is 10.0. The number of likely N-dealkylation sites (tertiary alicyclic amines) is 1. The number of hydrogen-bond acceptors (Lipinski definition) is 3. The monoisotopic (exact) mass is 319 g/mol. The summed E-state index contributed by atoms with van der Waals surface area (Å²) in [7, 11) is 0. The third-order valence-electron chi connectivity index (χ3n) is 4.60. The van der Waals surface area contributed by atoms with Crippen LogP contribution in [-0.2, 0) is 11.2 Å². The van der Waals surface area contributed by atoms with Gasteiger partial charge in [-0.25, -0.2) is 0 Å². The number of amides is 1. The van der Waals surface area contributed by atoms with Crippen LogP contribution in [0.25, 0.3) is 0 Å². The van der Waals surface area contributed by atoms with Crippen molar-refractivity contribution in [2.45, 2.75) is 64.2 Å². The van der Waals surface area contributed by atoms with Crippen LogP contribution in [0.5, 0.6) is 11.5 Å². The smallest absolute Gasteiger partial charge is 0.222 e. The highest BCUT2D eigenvalue weighted by atomic mass is 16.3. The summed E-state index contributed by atoms with van der Waals surface area (Å²) in [5.74, 6) is 0.247. The van der Waals surface area contributed by atoms with Crippen molar-refractivity contribution in [3.05, 3.63) is 23.8 Å². The van der Waals surface area contributed by atoms with Gasteiger partial charge in [-0.15, -0.1) is 0 Å². The fourth-order valence-electron chi connectivity index (χ4n) is 3.16. The largest absolute Gasteiger partial charge is 0.504 e. The Bertz CT molecular complexity index is 495. The van der Waals surface area contributed by atoms with Crippen LogP contribution >= 0.6 is 0 Å². The molecule has 0 aliphatic carbocycles. The molecule has 1 heterocycles. The lowest BCUT2D eigenvalue weighted by Crippen LogP contribution is -2.27. The number of unbranched alkanes of at least 4 members (excludes halogenated alkanes) is 5. The van der Waals surface area contributed by atoms with Crippen molar-refractivity contribution in [2.24, 2.45) is 0 Å². The number of hydrogen-bond donors (Lipinski definition) is 2. The molecule has 0 bridgehead atoms. The summed E-state index contributed by atoms with van der Waals surface area (Å²) in [6, 6.07) is 5.04. The van der Waals surface area contributed by atoms with Crippen LogP contribution in [0.15, 0.2) is 18.2 Å². The molecule has 0 unspecified atom stereocenters. The van der Waals surface area contributed by atoms with Crippen LogP contribution in [-0.4, -0.2) is 34.1 Å². The second-order valence-corrected chi connectivity index (χ2v) is 6.53. The van der Waals surface area contributed by atoms with Gasteiger partial charge in [0.1, 0.15) is 0 Å². The third-order valence-corrected chi connectivity index (χ3v) is 4.60. The average Bonchev–Trinajstić information content (AvgIpc) is 3.07. The molecule has 4 nitrogen and oxygen atoms in total. The predicted octanol–water partition coefficient (Wildman–Crippen LogP) is 3.99. The molecule has 2 rings (SSSR count). The Hall–Kier alpha value is -1.71. The van der Waals surface area contributed by atoms with Crippen LogP contribution in [0, 0.1) is 0 Å². The number of carbonyl (C=O) groups excluding carboxylic acids is 1. The quantitative estimate of drug-likeness (QED) is 0.534. The zero-order valence-electron chi connectivity index (χ0n) is 14.0. The van der Waals surface area contributed by atoms with Gasteiger partial charge in [-0.3, -0.25) is 4.79 Å². The lowest BCUT2D eigenvalue weighted by molar-refractivity contribution is -0.130. The van der Waals surface area contributed by atoms with Crippen LogP contribution in [0.2, 0.25) is 0 Å². The predicted molar refractivity (Wildman–Crippen MR) is 91.6 cm³/mol. The lowest BCUT2D eigenvalue weighted by Gasteiger charge is -2.14. The maximum atomic E-state index is 11.9. The van der Waals surface area contributed by atoms with Crippen molar-refractivity contribution in [3.63, 3.8) is 0 Å². The number of carbonyl (C=O) groups is 1. The van der Waals surface area contributed by atoms with Crippen molar-refractivity contribution in [3.8, 4) is 11.5 Å². The summed E-state index contributed by atoms with van der Waals surface area (Å²) in [5.41, 5.74) is 1.07. The molecule has 0 aromatic heterocycles. The van der Waals surface area contributed by atoms with Crippen LogP contribution in [0.3, 0.4) is 0 Å². The summed E-state index contributed by atoms with van der Waals surface area (Å²) < 4.78 is 0. The first kappa shape index (κ1) is 17.6. The molecule has 1 fully saturated rings. The SMILES string of the molecule is O=C(CCCCCCCCc1ccc(O)c(O)c1)N1CCCC1. The molecule has 0 radical (unpaired) electrons. The maximum Gasteiger partial charge on any atom is 0.222 e. The second kappa shape index (κ2) is 9.43. The van der Waals surface area contributed by atoms with Gasteiger partial charge in [0.05, 0.1) is 0 Å². The second-order valence-electron chi connectivity index (χ2n) is 6.53. The van der Waals surface area contributed by atoms with Crippen molar-refractivity contribution in [1.82, 2.24) is 4.90 Å². The molecule has 2 N–H and O–H groups in total. The van der Waals surface area contributed by atoms with E-state index in [4.69, 9.17) is 0 Å². The fourth-order valence-corrected chi connectivity index (χ4v) is 3.16. The molecule has 23 heavy (non-hydrogen) atoms. The van der Waals surface area contributed by atoms with E-state index < -0.39 is 0 Å². The van der Waals surface area contributed by atoms with E-state index >= 15 is 0 Å². The minimum Gasteiger partial charge on any atom is -0.504 e. The fraction of sp³-hybridized carbons (Fsp3) is 0.632. The van der Waals surface area contributed by atoms with Crippen LogP contribution in [0.4, 0.5) is 0 Å². The van der Waals surface area contributed by atoms with Gasteiger partial charge in [-0.05, 0) is 49.8 Å². The van der Waals surface area contributed by atoms with E-state index in [1.807, 2.05) is 11.0 Å². The molecular formula is C19H29NO3. The highest BCUT2D eigenvalue weighted by Gasteiger charge is 2.16. The highest BCUT2D eigenvalue weighted by molar-refractivity contribution is 5.76. The summed E-state index contributed by atoms with van der Waals surface area (Å²) in [4.78, 5) is 13.9. The minimum absolute atomic E-state index is 0.0369. The molecule has 1 aliphatic rings. The molecular weight excluding hydrogens is 290 g/mol. The number of phenolic OH excluding ortho intramolecular Hbond substituents is 2. The Kier molecular flexibility index (Phi) is 7.24. The number of rotatable bonds is 9. The first-order chi connectivity index (χ1) is 11.2. The molecule has 1 saturated heterocycles. The summed E-state index contributed by atoms with van der Waals surface area (Å²) >= 11 is 0. The number of aromatic hydroxyl groups is 2. The van der Waals surface area contributed by atoms with E-state index in [9.17, 15) is 15.0 Å². The summed E-state index contributed by atoms with van der Waals surface area (Å²) in [6.07, 6.45) is 10.8. The molecule has 1 aromatic rings. The summed E-state index contributed by atoms with van der Waals surface area (Å²) in [6.45, 7) is 1.93. The Balaban J connectivity index is 1.46. The number of phenols is 2. The van der Waals surface area contributed by atoms with Gasteiger partial charge < -0.3 is 15.1 Å². The first-order valence-electron chi connectivity index (χ1n) is 8.95. The molecule has 0 atom stereocenters. The zero-order valence-corrected chi connectivity index (χ0v) is 14.0. The first-order valence-corrected chi connectivity index (χ1v) is 8.95. The zero-order chi connectivity index (χ0) is 16.5. The maximum absolute atomic E-state index is 11.9. The van der Waals surface area contributed by atoms with Gasteiger partial charge in [0.2, 0.25) is 5.91 Å². The standard InChI is InChI=1S/C19H29NO3/c21-17-12-11-16(15-18(17)22)9-5-3-1-2-4-6-10-19(23)20-13-7-8-14-20/h11-12,15,21-22H,1-10,13-14H2.